The van der Waals surface area contributed by atoms with Gasteiger partial charge in [0.2, 0.25) is 0 Å². The Morgan fingerprint density at radius 3 is 1.17 bits per heavy atom. The Kier molecular flexibility index (Phi) is 10.6. The van der Waals surface area contributed by atoms with Crippen LogP contribution in [0.3, 0.4) is 0 Å². The molecule has 0 aliphatic rings. The van der Waals surface area contributed by atoms with Gasteiger partial charge >= 0.3 is 35.8 Å². The molecule has 0 aliphatic carbocycles. The maximum absolute atomic E-state index is 13.2. The summed E-state index contributed by atoms with van der Waals surface area (Å²) in [5, 5.41) is 3.11. The van der Waals surface area contributed by atoms with E-state index in [0.717, 1.165) is 13.1 Å². The number of halogens is 13. The van der Waals surface area contributed by atoms with Gasteiger partial charge in [-0.1, -0.05) is 33.0 Å². The van der Waals surface area contributed by atoms with E-state index >= 15 is 0 Å². The van der Waals surface area contributed by atoms with Gasteiger partial charge in [0.1, 0.15) is 0 Å². The maximum atomic E-state index is 13.2. The Hall–Kier alpha value is -0.733. The predicted octanol–water partition coefficient (Wildman–Crippen LogP) is 6.22. The molecule has 178 valence electrons. The molecule has 15 heteroatoms. The van der Waals surface area contributed by atoms with Gasteiger partial charge in [0.15, 0.2) is 0 Å². The van der Waals surface area contributed by atoms with Crippen molar-refractivity contribution in [2.45, 2.75) is 75.2 Å². The van der Waals surface area contributed by atoms with Crippen molar-refractivity contribution in [3.05, 3.63) is 0 Å². The highest BCUT2D eigenvalue weighted by Crippen LogP contribution is 2.60. The fourth-order valence-electron chi connectivity index (χ4n) is 1.68. The highest BCUT2D eigenvalue weighted by molar-refractivity contribution is 6.55. The van der Waals surface area contributed by atoms with Gasteiger partial charge in [-0.05, 0) is 13.1 Å². The van der Waals surface area contributed by atoms with E-state index in [9.17, 15) is 57.1 Å². The van der Waals surface area contributed by atoms with Crippen LogP contribution in [0.5, 0.6) is 0 Å². The molecule has 0 bridgehead atoms. The summed E-state index contributed by atoms with van der Waals surface area (Å²) in [7, 11) is -2.07. The summed E-state index contributed by atoms with van der Waals surface area (Å²) in [4.78, 5) is 0. The first kappa shape index (κ1) is 30.5. The van der Waals surface area contributed by atoms with Gasteiger partial charge in [-0.3, -0.25) is 0 Å². The van der Waals surface area contributed by atoms with E-state index in [1.165, 1.54) is 13.1 Å². The van der Waals surface area contributed by atoms with E-state index in [1.807, 2.05) is 0 Å². The number of hydrogen-bond acceptors (Lipinski definition) is 1. The second kappa shape index (κ2) is 10.0. The van der Waals surface area contributed by atoms with Crippen LogP contribution >= 0.6 is 0 Å². The van der Waals surface area contributed by atoms with Crippen LogP contribution in [0.4, 0.5) is 57.1 Å². The quantitative estimate of drug-likeness (QED) is 0.306. The third kappa shape index (κ3) is 6.37. The zero-order valence-electron chi connectivity index (χ0n) is 15.8. The number of nitrogens with one attached hydrogen (secondary N) is 1. The molecule has 1 N–H and O–H groups in total. The molecule has 0 heterocycles. The van der Waals surface area contributed by atoms with Crippen molar-refractivity contribution in [3.8, 4) is 0 Å². The Morgan fingerprint density at radius 2 is 0.931 bits per heavy atom. The fraction of sp³-hybridized carbons (Fsp3) is 1.00. The first-order valence-corrected chi connectivity index (χ1v) is 11.4. The largest absolute Gasteiger partial charge is 0.460 e. The van der Waals surface area contributed by atoms with Crippen molar-refractivity contribution in [2.24, 2.45) is 0 Å². The highest BCUT2D eigenvalue weighted by Gasteiger charge is 2.90. The molecule has 0 aromatic carbocycles. The van der Waals surface area contributed by atoms with Crippen LogP contribution in [-0.2, 0) is 0 Å². The van der Waals surface area contributed by atoms with E-state index in [-0.39, 0.29) is 0 Å². The van der Waals surface area contributed by atoms with Gasteiger partial charge in [0.05, 0.1) is 0 Å². The van der Waals surface area contributed by atoms with Crippen LogP contribution in [0.1, 0.15) is 20.3 Å². The normalized spacial score (nSPS) is 14.7. The molecule has 0 aromatic heterocycles. The monoisotopic (exact) mass is 479 g/mol. The smallest absolute Gasteiger partial charge is 0.317 e. The maximum Gasteiger partial charge on any atom is 0.460 e. The summed E-state index contributed by atoms with van der Waals surface area (Å²) in [6, 6.07) is -0.764. The molecule has 0 saturated heterocycles. The van der Waals surface area contributed by atoms with E-state index in [2.05, 4.69) is 19.2 Å². The third-order valence-corrected chi connectivity index (χ3v) is 4.98. The summed E-state index contributed by atoms with van der Waals surface area (Å²) in [5.74, 6) is -36.2. The van der Waals surface area contributed by atoms with Gasteiger partial charge < -0.3 is 5.32 Å². The molecular weight excluding hydrogens is 457 g/mol. The molecule has 0 spiro atoms. The van der Waals surface area contributed by atoms with Crippen molar-refractivity contribution in [1.82, 2.24) is 5.32 Å². The minimum absolute atomic E-state index is 0.764. The second-order valence-corrected chi connectivity index (χ2v) is 9.75. The second-order valence-electron chi connectivity index (χ2n) is 6.39. The molecule has 29 heavy (non-hydrogen) atoms. The molecule has 0 saturated carbocycles. The molecule has 0 aliphatic heterocycles. The average molecular weight is 479 g/mol. The lowest BCUT2D eigenvalue weighted by Gasteiger charge is -2.39. The van der Waals surface area contributed by atoms with Crippen LogP contribution in [-0.4, -0.2) is 57.7 Å². The van der Waals surface area contributed by atoms with Crippen LogP contribution in [0, 0.1) is 0 Å². The topological polar surface area (TPSA) is 12.0 Å². The van der Waals surface area contributed by atoms with Gasteiger partial charge in [-0.15, -0.1) is 0 Å². The summed E-state index contributed by atoms with van der Waals surface area (Å²) in [6.45, 7) is 9.00. The first-order valence-electron chi connectivity index (χ1n) is 8.24. The Bertz CT molecular complexity index is 486. The average Bonchev–Trinajstić information content (AvgIpc) is 2.52. The summed E-state index contributed by atoms with van der Waals surface area (Å²) in [6.07, 6.45) is -9.43. The van der Waals surface area contributed by atoms with Crippen molar-refractivity contribution in [1.29, 1.82) is 0 Å². The van der Waals surface area contributed by atoms with Crippen LogP contribution in [0.15, 0.2) is 0 Å². The lowest BCUT2D eigenvalue weighted by Crippen LogP contribution is -2.70. The SMILES string of the molecule is CCNCC.C[SiH](C)CCC(F)(F)C(F)(F)C(F)(F)C(F)(F)C(F)(F)C(F)(F)F. The molecule has 0 amide bonds. The van der Waals surface area contributed by atoms with Gasteiger partial charge in [-0.2, -0.15) is 57.1 Å². The number of alkyl halides is 13. The van der Waals surface area contributed by atoms with E-state index in [0.29, 0.717) is 0 Å². The lowest BCUT2D eigenvalue weighted by atomic mass is 9.93. The Labute approximate surface area is 160 Å². The lowest BCUT2D eigenvalue weighted by molar-refractivity contribution is -0.439. The minimum atomic E-state index is -7.81. The Balaban J connectivity index is 0. The number of hydrogen-bond donors (Lipinski definition) is 1. The van der Waals surface area contributed by atoms with Gasteiger partial charge in [0, 0.05) is 15.2 Å². The van der Waals surface area contributed by atoms with E-state index < -0.39 is 57.1 Å². The molecular formula is C14H22F13NSi. The minimum Gasteiger partial charge on any atom is -0.317 e. The van der Waals surface area contributed by atoms with Crippen molar-refractivity contribution >= 4 is 8.80 Å². The van der Waals surface area contributed by atoms with E-state index in [1.54, 1.807) is 0 Å². The van der Waals surface area contributed by atoms with Crippen molar-refractivity contribution < 1.29 is 57.1 Å². The predicted molar refractivity (Wildman–Crippen MR) is 83.3 cm³/mol. The van der Waals surface area contributed by atoms with Crippen molar-refractivity contribution in [2.75, 3.05) is 13.1 Å². The first-order chi connectivity index (χ1) is 12.6. The molecule has 1 nitrogen and oxygen atoms in total. The summed E-state index contributed by atoms with van der Waals surface area (Å²) in [5.41, 5.74) is 0. The third-order valence-electron chi connectivity index (χ3n) is 3.53. The number of rotatable bonds is 9. The molecule has 0 unspecified atom stereocenters. The van der Waals surface area contributed by atoms with E-state index in [4.69, 9.17) is 0 Å². The molecule has 0 fully saturated rings. The van der Waals surface area contributed by atoms with Crippen LogP contribution < -0.4 is 5.32 Å². The van der Waals surface area contributed by atoms with Gasteiger partial charge in [0.25, 0.3) is 0 Å². The highest BCUT2D eigenvalue weighted by atomic mass is 28.3. The van der Waals surface area contributed by atoms with Crippen LogP contribution in [0.2, 0.25) is 19.1 Å². The summed E-state index contributed by atoms with van der Waals surface area (Å²) < 4.78 is 165. The molecule has 0 radical (unpaired) electrons. The standard InChI is InChI=1S/C10H11F13Si.C4H11N/c1-24(2)4-3-5(11,12)6(13,14)7(15,16)8(17,18)9(19,20)10(21,22)23;1-3-5-4-2/h24H,3-4H2,1-2H3;5H,3-4H2,1-2H3. The summed E-state index contributed by atoms with van der Waals surface area (Å²) >= 11 is 0. The molecule has 0 atom stereocenters. The molecule has 0 aromatic rings. The Morgan fingerprint density at radius 1 is 0.586 bits per heavy atom. The zero-order chi connectivity index (χ0) is 24.1. The van der Waals surface area contributed by atoms with Crippen LogP contribution in [0.25, 0.3) is 0 Å². The zero-order valence-corrected chi connectivity index (χ0v) is 17.0. The fourth-order valence-corrected chi connectivity index (χ4v) is 2.62. The van der Waals surface area contributed by atoms with Crippen molar-refractivity contribution in [3.63, 3.8) is 0 Å². The van der Waals surface area contributed by atoms with Gasteiger partial charge in [-0.25, -0.2) is 0 Å². The molecule has 0 rings (SSSR count).